The first kappa shape index (κ1) is 14.1. The summed E-state index contributed by atoms with van der Waals surface area (Å²) in [6.07, 6.45) is -7.79. The van der Waals surface area contributed by atoms with Gasteiger partial charge in [0.15, 0.2) is 11.4 Å². The van der Waals surface area contributed by atoms with Crippen LogP contribution >= 0.6 is 0 Å². The molecule has 2 rings (SSSR count). The molecule has 0 aliphatic heterocycles. The van der Waals surface area contributed by atoms with Crippen molar-refractivity contribution in [2.75, 3.05) is 0 Å². The highest BCUT2D eigenvalue weighted by Gasteiger charge is 2.35. The van der Waals surface area contributed by atoms with Crippen LogP contribution in [-0.4, -0.2) is 25.5 Å². The quantitative estimate of drug-likeness (QED) is 0.461. The lowest BCUT2D eigenvalue weighted by Gasteiger charge is -2.05. The van der Waals surface area contributed by atoms with Gasteiger partial charge in [-0.25, -0.2) is 9.36 Å². The van der Waals surface area contributed by atoms with Gasteiger partial charge in [0.05, 0.1) is 0 Å². The largest absolute Gasteiger partial charge is 0.435 e. The molecular formula is C9H5F6N5. The van der Waals surface area contributed by atoms with Crippen molar-refractivity contribution < 1.29 is 26.3 Å². The van der Waals surface area contributed by atoms with Gasteiger partial charge in [-0.05, 0) is 12.1 Å². The highest BCUT2D eigenvalue weighted by molar-refractivity contribution is 5.79. The summed E-state index contributed by atoms with van der Waals surface area (Å²) in [5.74, 6) is -0.768. The van der Waals surface area contributed by atoms with Gasteiger partial charge >= 0.3 is 12.4 Å². The number of rotatable bonds is 0. The highest BCUT2D eigenvalue weighted by Crippen LogP contribution is 2.28. The van der Waals surface area contributed by atoms with Gasteiger partial charge < -0.3 is 0 Å². The maximum Gasteiger partial charge on any atom is 0.435 e. The van der Waals surface area contributed by atoms with Crippen LogP contribution in [0.1, 0.15) is 11.4 Å². The summed E-state index contributed by atoms with van der Waals surface area (Å²) < 4.78 is 74.8. The predicted octanol–water partition coefficient (Wildman–Crippen LogP) is 2.45. The first-order valence-electron chi connectivity index (χ1n) is 4.94. The molecule has 0 fully saturated rings. The second kappa shape index (κ2) is 4.35. The maximum absolute atomic E-state index is 12.3. The number of nitrogens with zero attached hydrogens (tertiary/aromatic N) is 4. The van der Waals surface area contributed by atoms with E-state index in [2.05, 4.69) is 10.2 Å². The van der Waals surface area contributed by atoms with Crippen molar-refractivity contribution in [2.45, 2.75) is 12.4 Å². The fourth-order valence-electron chi connectivity index (χ4n) is 1.29. The molecule has 11 heteroatoms. The van der Waals surface area contributed by atoms with E-state index in [0.717, 1.165) is 12.4 Å². The third-order valence-electron chi connectivity index (χ3n) is 2.19. The van der Waals surface area contributed by atoms with E-state index < -0.39 is 29.7 Å². The van der Waals surface area contributed by atoms with Crippen LogP contribution in [0.4, 0.5) is 26.3 Å². The van der Waals surface area contributed by atoms with Crippen molar-refractivity contribution in [3.05, 3.63) is 35.9 Å². The van der Waals surface area contributed by atoms with E-state index in [1.165, 1.54) is 0 Å². The molecule has 0 aliphatic carbocycles. The van der Waals surface area contributed by atoms with Gasteiger partial charge in [0, 0.05) is 12.4 Å². The number of alkyl halides is 6. The SMILES string of the molecule is N=C(n1ccc(C(F)(F)F)n1)n1ccc(C(F)(F)F)n1. The van der Waals surface area contributed by atoms with Crippen LogP contribution in [0.2, 0.25) is 0 Å². The molecule has 1 N–H and O–H groups in total. The fourth-order valence-corrected chi connectivity index (χ4v) is 1.29. The Morgan fingerprint density at radius 1 is 0.850 bits per heavy atom. The molecule has 0 amide bonds. The Bertz CT molecular complexity index is 580. The molecule has 0 saturated carbocycles. The van der Waals surface area contributed by atoms with Crippen LogP contribution in [0, 0.1) is 5.41 Å². The topological polar surface area (TPSA) is 59.5 Å². The molecule has 0 saturated heterocycles. The first-order valence-corrected chi connectivity index (χ1v) is 4.94. The Hall–Kier alpha value is -2.33. The molecule has 20 heavy (non-hydrogen) atoms. The zero-order valence-electron chi connectivity index (χ0n) is 9.37. The predicted molar refractivity (Wildman–Crippen MR) is 53.0 cm³/mol. The number of hydrogen-bond acceptors (Lipinski definition) is 3. The van der Waals surface area contributed by atoms with Gasteiger partial charge in [0.2, 0.25) is 5.96 Å². The highest BCUT2D eigenvalue weighted by atomic mass is 19.4. The summed E-state index contributed by atoms with van der Waals surface area (Å²) in [6, 6.07) is 1.20. The van der Waals surface area contributed by atoms with E-state index in [1.807, 2.05) is 0 Å². The van der Waals surface area contributed by atoms with Gasteiger partial charge in [-0.2, -0.15) is 36.5 Å². The van der Waals surface area contributed by atoms with Gasteiger partial charge in [-0.1, -0.05) is 0 Å². The Morgan fingerprint density at radius 2 is 1.20 bits per heavy atom. The average molecular weight is 297 g/mol. The van der Waals surface area contributed by atoms with Gasteiger partial charge in [-0.15, -0.1) is 0 Å². The Balaban J connectivity index is 2.28. The summed E-state index contributed by atoms with van der Waals surface area (Å²) in [4.78, 5) is 0. The smallest absolute Gasteiger partial charge is 0.265 e. The van der Waals surface area contributed by atoms with E-state index >= 15 is 0 Å². The molecular weight excluding hydrogens is 292 g/mol. The van der Waals surface area contributed by atoms with E-state index in [9.17, 15) is 26.3 Å². The third kappa shape index (κ3) is 2.65. The van der Waals surface area contributed by atoms with Crippen LogP contribution in [0.3, 0.4) is 0 Å². The molecule has 0 spiro atoms. The van der Waals surface area contributed by atoms with Crippen molar-refractivity contribution in [2.24, 2.45) is 0 Å². The zero-order chi connectivity index (χ0) is 15.1. The molecule has 0 bridgehead atoms. The second-order valence-electron chi connectivity index (χ2n) is 3.61. The summed E-state index contributed by atoms with van der Waals surface area (Å²) in [5, 5.41) is 13.6. The van der Waals surface area contributed by atoms with Crippen molar-refractivity contribution in [3.8, 4) is 0 Å². The molecule has 0 atom stereocenters. The maximum atomic E-state index is 12.3. The lowest BCUT2D eigenvalue weighted by Crippen LogP contribution is -2.23. The summed E-state index contributed by atoms with van der Waals surface area (Å²) in [6.45, 7) is 0. The molecule has 0 radical (unpaired) electrons. The lowest BCUT2D eigenvalue weighted by atomic mass is 10.4. The van der Waals surface area contributed by atoms with Crippen molar-refractivity contribution >= 4 is 5.96 Å². The molecule has 108 valence electrons. The van der Waals surface area contributed by atoms with Crippen molar-refractivity contribution in [1.82, 2.24) is 19.6 Å². The van der Waals surface area contributed by atoms with Gasteiger partial charge in [0.1, 0.15) is 0 Å². The fraction of sp³-hybridized carbons (Fsp3) is 0.222. The van der Waals surface area contributed by atoms with Crippen LogP contribution in [0.5, 0.6) is 0 Å². The summed E-state index contributed by atoms with van der Waals surface area (Å²) in [7, 11) is 0. The number of aromatic nitrogens is 4. The summed E-state index contributed by atoms with van der Waals surface area (Å²) in [5.41, 5.74) is -2.52. The lowest BCUT2D eigenvalue weighted by molar-refractivity contribution is -0.142. The second-order valence-corrected chi connectivity index (χ2v) is 3.61. The van der Waals surface area contributed by atoms with Crippen LogP contribution < -0.4 is 0 Å². The minimum absolute atomic E-state index is 0.468. The standard InChI is InChI=1S/C9H5F6N5/c10-8(11,12)5-1-3-19(17-5)7(16)20-4-2-6(18-20)9(13,14)15/h1-4,16H. The molecule has 2 aromatic rings. The molecule has 5 nitrogen and oxygen atoms in total. The van der Waals surface area contributed by atoms with Crippen LogP contribution in [-0.2, 0) is 12.4 Å². The zero-order valence-corrected chi connectivity index (χ0v) is 9.37. The average Bonchev–Trinajstić information content (AvgIpc) is 2.96. The van der Waals surface area contributed by atoms with E-state index in [1.54, 1.807) is 0 Å². The van der Waals surface area contributed by atoms with Crippen molar-refractivity contribution in [3.63, 3.8) is 0 Å². The van der Waals surface area contributed by atoms with Crippen LogP contribution in [0.25, 0.3) is 0 Å². The molecule has 2 heterocycles. The first-order chi connectivity index (χ1) is 9.09. The van der Waals surface area contributed by atoms with E-state index in [0.29, 0.717) is 21.5 Å². The third-order valence-corrected chi connectivity index (χ3v) is 2.19. The molecule has 2 aromatic heterocycles. The number of nitrogens with one attached hydrogen (secondary N) is 1. The van der Waals surface area contributed by atoms with Gasteiger partial charge in [0.25, 0.3) is 0 Å². The van der Waals surface area contributed by atoms with E-state index in [4.69, 9.17) is 5.41 Å². The van der Waals surface area contributed by atoms with Crippen LogP contribution in [0.15, 0.2) is 24.5 Å². The Morgan fingerprint density at radius 3 is 1.45 bits per heavy atom. The monoisotopic (exact) mass is 297 g/mol. The minimum atomic E-state index is -4.70. The Labute approximate surface area is 106 Å². The molecule has 0 aromatic carbocycles. The summed E-state index contributed by atoms with van der Waals surface area (Å²) >= 11 is 0. The Kier molecular flexibility index (Phi) is 3.07. The normalized spacial score (nSPS) is 12.7. The van der Waals surface area contributed by atoms with E-state index in [-0.39, 0.29) is 0 Å². The number of hydrogen-bond donors (Lipinski definition) is 1. The minimum Gasteiger partial charge on any atom is -0.265 e. The molecule has 0 aliphatic rings. The number of halogens is 6. The molecule has 0 unspecified atom stereocenters. The van der Waals surface area contributed by atoms with Crippen molar-refractivity contribution in [1.29, 1.82) is 5.41 Å². The van der Waals surface area contributed by atoms with Gasteiger partial charge in [-0.3, -0.25) is 5.41 Å².